The van der Waals surface area contributed by atoms with E-state index in [0.717, 1.165) is 0 Å². The monoisotopic (exact) mass is 269 g/mol. The third-order valence-corrected chi connectivity index (χ3v) is 2.70. The van der Waals surface area contributed by atoms with Gasteiger partial charge in [0.25, 0.3) is 0 Å². The lowest BCUT2D eigenvalue weighted by atomic mass is 10.1. The number of rotatable bonds is 7. The first-order chi connectivity index (χ1) is 8.94. The third-order valence-electron chi connectivity index (χ3n) is 2.70. The summed E-state index contributed by atoms with van der Waals surface area (Å²) in [4.78, 5) is 11.6. The van der Waals surface area contributed by atoms with Crippen LogP contribution in [0.3, 0.4) is 0 Å². The molecule has 1 atom stereocenters. The van der Waals surface area contributed by atoms with Crippen LogP contribution < -0.4 is 5.32 Å². The molecule has 1 aromatic carbocycles. The summed E-state index contributed by atoms with van der Waals surface area (Å²) in [6.45, 7) is 1.82. The van der Waals surface area contributed by atoms with Crippen LogP contribution in [0.5, 0.6) is 0 Å². The topological polar surface area (TPSA) is 58.6 Å². The van der Waals surface area contributed by atoms with Crippen molar-refractivity contribution in [3.8, 4) is 0 Å². The Labute approximate surface area is 112 Å². The van der Waals surface area contributed by atoms with Gasteiger partial charge in [-0.3, -0.25) is 4.79 Å². The van der Waals surface area contributed by atoms with Crippen LogP contribution in [0.25, 0.3) is 0 Å². The van der Waals surface area contributed by atoms with Crippen LogP contribution in [0.1, 0.15) is 18.9 Å². The molecule has 106 valence electrons. The Morgan fingerprint density at radius 1 is 1.47 bits per heavy atom. The summed E-state index contributed by atoms with van der Waals surface area (Å²) in [5, 5.41) is 12.4. The molecular formula is C14H20FNO3. The van der Waals surface area contributed by atoms with Gasteiger partial charge in [-0.25, -0.2) is 4.39 Å². The summed E-state index contributed by atoms with van der Waals surface area (Å²) in [5.41, 5.74) is -0.580. The van der Waals surface area contributed by atoms with E-state index < -0.39 is 5.60 Å². The van der Waals surface area contributed by atoms with Crippen LogP contribution in [0, 0.1) is 5.82 Å². The van der Waals surface area contributed by atoms with Crippen molar-refractivity contribution in [3.63, 3.8) is 0 Å². The van der Waals surface area contributed by atoms with E-state index in [-0.39, 0.29) is 31.3 Å². The van der Waals surface area contributed by atoms with Gasteiger partial charge in [-0.15, -0.1) is 0 Å². The summed E-state index contributed by atoms with van der Waals surface area (Å²) in [6.07, 6.45) is 0.523. The highest BCUT2D eigenvalue weighted by Gasteiger charge is 2.20. The van der Waals surface area contributed by atoms with Gasteiger partial charge in [0.15, 0.2) is 0 Å². The smallest absolute Gasteiger partial charge is 0.220 e. The van der Waals surface area contributed by atoms with Crippen molar-refractivity contribution in [1.29, 1.82) is 0 Å². The molecule has 1 rings (SSSR count). The van der Waals surface area contributed by atoms with Crippen LogP contribution in [0.15, 0.2) is 24.3 Å². The molecule has 1 amide bonds. The van der Waals surface area contributed by atoms with Crippen LogP contribution >= 0.6 is 0 Å². The SMILES string of the molecule is COCC(C)(O)CNC(=O)CCc1ccccc1F. The van der Waals surface area contributed by atoms with E-state index in [0.29, 0.717) is 12.0 Å². The Kier molecular flexibility index (Phi) is 5.92. The van der Waals surface area contributed by atoms with Crippen molar-refractivity contribution in [1.82, 2.24) is 5.32 Å². The molecule has 4 nitrogen and oxygen atoms in total. The average molecular weight is 269 g/mol. The number of hydrogen-bond acceptors (Lipinski definition) is 3. The normalized spacial score (nSPS) is 13.9. The van der Waals surface area contributed by atoms with Crippen molar-refractivity contribution in [2.75, 3.05) is 20.3 Å². The number of ether oxygens (including phenoxy) is 1. The second-order valence-electron chi connectivity index (χ2n) is 4.80. The number of methoxy groups -OCH3 is 1. The molecule has 0 saturated carbocycles. The van der Waals surface area contributed by atoms with Gasteiger partial charge in [0.1, 0.15) is 11.4 Å². The maximum atomic E-state index is 13.3. The molecule has 5 heteroatoms. The molecule has 0 aliphatic carbocycles. The summed E-state index contributed by atoms with van der Waals surface area (Å²) in [5.74, 6) is -0.527. The molecule has 0 aromatic heterocycles. The first-order valence-electron chi connectivity index (χ1n) is 6.16. The number of nitrogens with one attached hydrogen (secondary N) is 1. The van der Waals surface area contributed by atoms with Crippen LogP contribution in [-0.4, -0.2) is 36.9 Å². The van der Waals surface area contributed by atoms with E-state index >= 15 is 0 Å². The number of carbonyl (C=O) groups excluding carboxylic acids is 1. The number of hydrogen-bond donors (Lipinski definition) is 2. The van der Waals surface area contributed by atoms with Gasteiger partial charge in [0.2, 0.25) is 5.91 Å². The number of carbonyl (C=O) groups is 1. The predicted octanol–water partition coefficient (Wildman–Crippen LogP) is 1.27. The van der Waals surface area contributed by atoms with Crippen molar-refractivity contribution in [2.45, 2.75) is 25.4 Å². The van der Waals surface area contributed by atoms with Gasteiger partial charge in [-0.2, -0.15) is 0 Å². The molecule has 19 heavy (non-hydrogen) atoms. The second kappa shape index (κ2) is 7.21. The van der Waals surface area contributed by atoms with E-state index in [1.807, 2.05) is 0 Å². The lowest BCUT2D eigenvalue weighted by Crippen LogP contribution is -2.43. The van der Waals surface area contributed by atoms with Gasteiger partial charge < -0.3 is 15.2 Å². The van der Waals surface area contributed by atoms with E-state index in [9.17, 15) is 14.3 Å². The zero-order chi connectivity index (χ0) is 14.3. The number of aryl methyl sites for hydroxylation is 1. The maximum Gasteiger partial charge on any atom is 0.220 e. The maximum absolute atomic E-state index is 13.3. The fourth-order valence-electron chi connectivity index (χ4n) is 1.69. The van der Waals surface area contributed by atoms with E-state index in [4.69, 9.17) is 4.74 Å². The standard InChI is InChI=1S/C14H20FNO3/c1-14(18,10-19-2)9-16-13(17)8-7-11-5-3-4-6-12(11)15/h3-6,18H,7-10H2,1-2H3,(H,16,17). The number of benzene rings is 1. The molecule has 0 aliphatic heterocycles. The minimum Gasteiger partial charge on any atom is -0.386 e. The lowest BCUT2D eigenvalue weighted by molar-refractivity contribution is -0.122. The molecule has 1 unspecified atom stereocenters. The highest BCUT2D eigenvalue weighted by Crippen LogP contribution is 2.09. The van der Waals surface area contributed by atoms with Gasteiger partial charge >= 0.3 is 0 Å². The first-order valence-corrected chi connectivity index (χ1v) is 6.16. The Balaban J connectivity index is 2.35. The zero-order valence-corrected chi connectivity index (χ0v) is 11.3. The molecule has 2 N–H and O–H groups in total. The van der Waals surface area contributed by atoms with Gasteiger partial charge in [0, 0.05) is 20.1 Å². The molecule has 0 radical (unpaired) electrons. The largest absolute Gasteiger partial charge is 0.386 e. The minimum atomic E-state index is -1.09. The van der Waals surface area contributed by atoms with Crippen molar-refractivity contribution in [2.24, 2.45) is 0 Å². The van der Waals surface area contributed by atoms with Crippen molar-refractivity contribution < 1.29 is 19.0 Å². The van der Waals surface area contributed by atoms with Crippen LogP contribution in [-0.2, 0) is 16.0 Å². The molecule has 1 aromatic rings. The van der Waals surface area contributed by atoms with Crippen molar-refractivity contribution in [3.05, 3.63) is 35.6 Å². The van der Waals surface area contributed by atoms with Gasteiger partial charge in [0.05, 0.1) is 6.61 Å². The van der Waals surface area contributed by atoms with E-state index in [1.165, 1.54) is 13.2 Å². The molecule has 0 heterocycles. The molecule has 0 fully saturated rings. The Morgan fingerprint density at radius 2 is 2.16 bits per heavy atom. The fraction of sp³-hybridized carbons (Fsp3) is 0.500. The highest BCUT2D eigenvalue weighted by molar-refractivity contribution is 5.76. The summed E-state index contributed by atoms with van der Waals surface area (Å²) in [7, 11) is 1.48. The van der Waals surface area contributed by atoms with Gasteiger partial charge in [-0.1, -0.05) is 18.2 Å². The number of halogens is 1. The second-order valence-corrected chi connectivity index (χ2v) is 4.80. The van der Waals surface area contributed by atoms with Crippen molar-refractivity contribution >= 4 is 5.91 Å². The zero-order valence-electron chi connectivity index (χ0n) is 11.3. The number of amides is 1. The molecule has 0 bridgehead atoms. The molecule has 0 aliphatic rings. The summed E-state index contributed by atoms with van der Waals surface area (Å²) < 4.78 is 18.2. The average Bonchev–Trinajstić information content (AvgIpc) is 2.35. The predicted molar refractivity (Wildman–Crippen MR) is 70.2 cm³/mol. The Bertz CT molecular complexity index is 421. The van der Waals surface area contributed by atoms with Crippen LogP contribution in [0.2, 0.25) is 0 Å². The summed E-state index contributed by atoms with van der Waals surface area (Å²) >= 11 is 0. The van der Waals surface area contributed by atoms with Gasteiger partial charge in [-0.05, 0) is 25.0 Å². The fourth-order valence-corrected chi connectivity index (χ4v) is 1.69. The highest BCUT2D eigenvalue weighted by atomic mass is 19.1. The first kappa shape index (κ1) is 15.6. The third kappa shape index (κ3) is 5.81. The Hall–Kier alpha value is -1.46. The minimum absolute atomic E-state index is 0.108. The van der Waals surface area contributed by atoms with Crippen LogP contribution in [0.4, 0.5) is 4.39 Å². The quantitative estimate of drug-likeness (QED) is 0.783. The Morgan fingerprint density at radius 3 is 2.79 bits per heavy atom. The molecule has 0 spiro atoms. The van der Waals surface area contributed by atoms with E-state index in [2.05, 4.69) is 5.32 Å². The molecular weight excluding hydrogens is 249 g/mol. The summed E-state index contributed by atoms with van der Waals surface area (Å²) in [6, 6.07) is 6.38. The number of aliphatic hydroxyl groups is 1. The lowest BCUT2D eigenvalue weighted by Gasteiger charge is -2.22. The molecule has 0 saturated heterocycles. The van der Waals surface area contributed by atoms with E-state index in [1.54, 1.807) is 25.1 Å².